The highest BCUT2D eigenvalue weighted by atomic mass is 32.2. The van der Waals surface area contributed by atoms with E-state index >= 15 is 0 Å². The third kappa shape index (κ3) is 2.13. The molecular weight excluding hydrogens is 178 g/mol. The summed E-state index contributed by atoms with van der Waals surface area (Å²) >= 11 is 1.87. The summed E-state index contributed by atoms with van der Waals surface area (Å²) in [5.41, 5.74) is 2.59. The Bertz CT molecular complexity index is 331. The van der Waals surface area contributed by atoms with E-state index in [1.54, 1.807) is 0 Å². The van der Waals surface area contributed by atoms with Crippen LogP contribution in [0.15, 0.2) is 29.3 Å². The van der Waals surface area contributed by atoms with Crippen molar-refractivity contribution >= 4 is 16.8 Å². The molecule has 0 spiro atoms. The fourth-order valence-corrected chi connectivity index (χ4v) is 2.36. The molecule has 0 radical (unpaired) electrons. The minimum absolute atomic E-state index is 0.996. The average Bonchev–Trinajstić information content (AvgIpc) is 2.19. The predicted octanol–water partition coefficient (Wildman–Crippen LogP) is 2.88. The molecule has 1 aliphatic heterocycles. The summed E-state index contributed by atoms with van der Waals surface area (Å²) in [4.78, 5) is 4.52. The summed E-state index contributed by atoms with van der Waals surface area (Å²) in [6.45, 7) is 3.12. The maximum atomic E-state index is 4.52. The highest BCUT2D eigenvalue weighted by molar-refractivity contribution is 8.14. The van der Waals surface area contributed by atoms with Crippen molar-refractivity contribution in [2.24, 2.45) is 4.99 Å². The lowest BCUT2D eigenvalue weighted by Crippen LogP contribution is -2.04. The lowest BCUT2D eigenvalue weighted by Gasteiger charge is -2.11. The van der Waals surface area contributed by atoms with Crippen molar-refractivity contribution in [3.05, 3.63) is 35.4 Å². The van der Waals surface area contributed by atoms with Crippen molar-refractivity contribution in [2.45, 2.75) is 13.3 Å². The highest BCUT2D eigenvalue weighted by Crippen LogP contribution is 2.19. The van der Waals surface area contributed by atoms with Crippen LogP contribution in [0.1, 0.15) is 17.5 Å². The van der Waals surface area contributed by atoms with E-state index in [4.69, 9.17) is 0 Å². The van der Waals surface area contributed by atoms with Gasteiger partial charge in [-0.05, 0) is 19.4 Å². The Morgan fingerprint density at radius 1 is 1.38 bits per heavy atom. The maximum absolute atomic E-state index is 4.52. The van der Waals surface area contributed by atoms with Crippen LogP contribution < -0.4 is 0 Å². The fraction of sp³-hybridized carbons (Fsp3) is 0.364. The molecule has 0 saturated carbocycles. The molecule has 0 aliphatic carbocycles. The first-order chi connectivity index (χ1) is 6.36. The minimum Gasteiger partial charge on any atom is -0.278 e. The first-order valence-electron chi connectivity index (χ1n) is 4.60. The Labute approximate surface area is 83.3 Å². The van der Waals surface area contributed by atoms with Crippen LogP contribution in [0.4, 0.5) is 0 Å². The molecule has 68 valence electrons. The number of nitrogens with zero attached hydrogens (tertiary/aromatic N) is 1. The molecule has 0 aromatic heterocycles. The summed E-state index contributed by atoms with van der Waals surface area (Å²) < 4.78 is 0. The Hall–Kier alpha value is -0.760. The summed E-state index contributed by atoms with van der Waals surface area (Å²) in [5.74, 6) is 1.22. The largest absolute Gasteiger partial charge is 0.278 e. The van der Waals surface area contributed by atoms with Gasteiger partial charge in [0.2, 0.25) is 0 Å². The average molecular weight is 191 g/mol. The Morgan fingerprint density at radius 3 is 3.00 bits per heavy atom. The molecule has 0 amide bonds. The van der Waals surface area contributed by atoms with Gasteiger partial charge < -0.3 is 0 Å². The Balaban J connectivity index is 2.29. The zero-order valence-corrected chi connectivity index (χ0v) is 8.60. The van der Waals surface area contributed by atoms with E-state index in [1.165, 1.54) is 28.3 Å². The van der Waals surface area contributed by atoms with Crippen LogP contribution in [0.5, 0.6) is 0 Å². The van der Waals surface area contributed by atoms with Gasteiger partial charge in [-0.2, -0.15) is 0 Å². The van der Waals surface area contributed by atoms with E-state index in [2.05, 4.69) is 36.2 Å². The quantitative estimate of drug-likeness (QED) is 0.665. The summed E-state index contributed by atoms with van der Waals surface area (Å²) in [5, 5.41) is 1.22. The molecule has 1 nitrogen and oxygen atoms in total. The van der Waals surface area contributed by atoms with E-state index < -0.39 is 0 Å². The molecule has 1 aromatic carbocycles. The van der Waals surface area contributed by atoms with Crippen LogP contribution in [0.25, 0.3) is 0 Å². The van der Waals surface area contributed by atoms with Crippen molar-refractivity contribution < 1.29 is 0 Å². The third-order valence-corrected chi connectivity index (χ3v) is 3.19. The number of hydrogen-bond donors (Lipinski definition) is 0. The van der Waals surface area contributed by atoms with E-state index in [-0.39, 0.29) is 0 Å². The molecule has 0 fully saturated rings. The SMILES string of the molecule is Cc1cccc(C2=NCCCS2)c1. The number of aryl methyl sites for hydroxylation is 1. The fourth-order valence-electron chi connectivity index (χ4n) is 1.41. The first kappa shape index (κ1) is 8.82. The van der Waals surface area contributed by atoms with Gasteiger partial charge in [0.05, 0.1) is 5.04 Å². The molecule has 0 unspecified atom stereocenters. The number of benzene rings is 1. The second-order valence-electron chi connectivity index (χ2n) is 3.26. The normalized spacial score (nSPS) is 16.8. The smallest absolute Gasteiger partial charge is 0.0976 e. The lowest BCUT2D eigenvalue weighted by molar-refractivity contribution is 0.939. The highest BCUT2D eigenvalue weighted by Gasteiger charge is 2.07. The van der Waals surface area contributed by atoms with Gasteiger partial charge in [0.15, 0.2) is 0 Å². The molecule has 1 aliphatic rings. The van der Waals surface area contributed by atoms with E-state index in [0.29, 0.717) is 0 Å². The summed E-state index contributed by atoms with van der Waals surface area (Å²) in [7, 11) is 0. The van der Waals surface area contributed by atoms with Gasteiger partial charge >= 0.3 is 0 Å². The van der Waals surface area contributed by atoms with Crippen molar-refractivity contribution in [1.29, 1.82) is 0 Å². The number of rotatable bonds is 1. The van der Waals surface area contributed by atoms with Gasteiger partial charge in [-0.1, -0.05) is 23.8 Å². The number of aliphatic imine (C=N–C) groups is 1. The molecule has 0 N–H and O–H groups in total. The van der Waals surface area contributed by atoms with Crippen LogP contribution in [0.3, 0.4) is 0 Å². The summed E-state index contributed by atoms with van der Waals surface area (Å²) in [6.07, 6.45) is 1.22. The molecule has 0 bridgehead atoms. The first-order valence-corrected chi connectivity index (χ1v) is 5.59. The van der Waals surface area contributed by atoms with Crippen molar-refractivity contribution in [3.8, 4) is 0 Å². The van der Waals surface area contributed by atoms with Crippen LogP contribution in [-0.4, -0.2) is 17.3 Å². The van der Waals surface area contributed by atoms with Crippen LogP contribution in [-0.2, 0) is 0 Å². The van der Waals surface area contributed by atoms with Gasteiger partial charge in [-0.3, -0.25) is 4.99 Å². The molecular formula is C11H13NS. The van der Waals surface area contributed by atoms with Gasteiger partial charge in [-0.15, -0.1) is 11.8 Å². The second-order valence-corrected chi connectivity index (χ2v) is 4.34. The maximum Gasteiger partial charge on any atom is 0.0976 e. The standard InChI is InChI=1S/C11H13NS/c1-9-4-2-5-10(8-9)11-12-6-3-7-13-11/h2,4-5,8H,3,6-7H2,1H3. The van der Waals surface area contributed by atoms with Gasteiger partial charge in [0.25, 0.3) is 0 Å². The van der Waals surface area contributed by atoms with E-state index in [9.17, 15) is 0 Å². The topological polar surface area (TPSA) is 12.4 Å². The molecule has 2 rings (SSSR count). The molecule has 13 heavy (non-hydrogen) atoms. The number of thioether (sulfide) groups is 1. The molecule has 0 atom stereocenters. The van der Waals surface area contributed by atoms with E-state index in [1.807, 2.05) is 11.8 Å². The zero-order valence-electron chi connectivity index (χ0n) is 7.79. The zero-order chi connectivity index (χ0) is 9.10. The molecule has 1 heterocycles. The Morgan fingerprint density at radius 2 is 2.31 bits per heavy atom. The molecule has 2 heteroatoms. The minimum atomic E-state index is 0.996. The predicted molar refractivity (Wildman–Crippen MR) is 59.7 cm³/mol. The van der Waals surface area contributed by atoms with Crippen LogP contribution in [0, 0.1) is 6.92 Å². The van der Waals surface area contributed by atoms with E-state index in [0.717, 1.165) is 6.54 Å². The third-order valence-electron chi connectivity index (χ3n) is 2.06. The van der Waals surface area contributed by atoms with Crippen molar-refractivity contribution in [2.75, 3.05) is 12.3 Å². The van der Waals surface area contributed by atoms with Gasteiger partial charge in [-0.25, -0.2) is 0 Å². The van der Waals surface area contributed by atoms with Crippen LogP contribution >= 0.6 is 11.8 Å². The monoisotopic (exact) mass is 191 g/mol. The molecule has 0 saturated heterocycles. The van der Waals surface area contributed by atoms with Gasteiger partial charge in [0, 0.05) is 17.9 Å². The van der Waals surface area contributed by atoms with Gasteiger partial charge in [0.1, 0.15) is 0 Å². The number of hydrogen-bond acceptors (Lipinski definition) is 2. The lowest BCUT2D eigenvalue weighted by atomic mass is 10.1. The summed E-state index contributed by atoms with van der Waals surface area (Å²) in [6, 6.07) is 8.57. The van der Waals surface area contributed by atoms with Crippen LogP contribution in [0.2, 0.25) is 0 Å². The second kappa shape index (κ2) is 3.97. The van der Waals surface area contributed by atoms with Crippen molar-refractivity contribution in [1.82, 2.24) is 0 Å². The molecule has 1 aromatic rings. The Kier molecular flexibility index (Phi) is 2.69. The van der Waals surface area contributed by atoms with Crippen molar-refractivity contribution in [3.63, 3.8) is 0 Å².